The van der Waals surface area contributed by atoms with Gasteiger partial charge in [-0.15, -0.1) is 0 Å². The van der Waals surface area contributed by atoms with Gasteiger partial charge >= 0.3 is 150 Å². The van der Waals surface area contributed by atoms with Gasteiger partial charge < -0.3 is 0 Å². The normalized spacial score (nSPS) is 11.6. The minimum atomic E-state index is -6.17. The standard InChI is InChI=1S/6CN.Cr.Fe.K.3O/c6*1-2;;;;;;/q;;;;;;;-3;+1;;2*-1. The van der Waals surface area contributed by atoms with Gasteiger partial charge in [0.2, 0.25) is 0 Å². The van der Waals surface area contributed by atoms with E-state index >= 15 is 0 Å². The van der Waals surface area contributed by atoms with E-state index in [-0.39, 0.29) is 51.4 Å². The van der Waals surface area contributed by atoms with E-state index in [1.54, 1.807) is 0 Å². The molecule has 0 spiro atoms. The fourth-order valence-corrected chi connectivity index (χ4v) is 1.09. The molecule has 0 aromatic carbocycles. The SMILES string of the molecule is N#[C][Fe-3]([C]#N)([C]#N)([C]#N)([C]#N)[C]#N.[K+].[O]=[Cr]([O-])[O-]. The summed E-state index contributed by atoms with van der Waals surface area (Å²) in [4.78, 5) is 6.19. The number of hydrogen-bond donors (Lipinski definition) is 0. The fraction of sp³-hybridized carbons (Fsp3) is 0. The number of nitriles is 6. The molecule has 0 aliphatic carbocycles. The summed E-state index contributed by atoms with van der Waals surface area (Å²) in [5, 5.41) is 51.5. The molecule has 18 heavy (non-hydrogen) atoms. The third-order valence-corrected chi connectivity index (χ3v) is 4.89. The Morgan fingerprint density at radius 1 is 0.722 bits per heavy atom. The van der Waals surface area contributed by atoms with Gasteiger partial charge in [0.25, 0.3) is 0 Å². The molecule has 0 aliphatic heterocycles. The van der Waals surface area contributed by atoms with Crippen LogP contribution < -0.4 is 59.7 Å². The van der Waals surface area contributed by atoms with Crippen molar-refractivity contribution in [2.75, 3.05) is 0 Å². The molecule has 0 unspecified atom stereocenters. The first-order valence-corrected chi connectivity index (χ1v) is 7.78. The van der Waals surface area contributed by atoms with E-state index in [2.05, 4.69) is 0 Å². The van der Waals surface area contributed by atoms with Crippen molar-refractivity contribution in [3.8, 4) is 29.8 Å². The quantitative estimate of drug-likeness (QED) is 0.381. The molecular weight excluding hydrogens is 351 g/mol. The summed E-state index contributed by atoms with van der Waals surface area (Å²) in [5.74, 6) is 0. The molecule has 0 bridgehead atoms. The summed E-state index contributed by atoms with van der Waals surface area (Å²) >= 11 is -3.79. The zero-order valence-corrected chi connectivity index (χ0v) is 14.2. The molecule has 0 radical (unpaired) electrons. The van der Waals surface area contributed by atoms with Gasteiger partial charge in [0, 0.05) is 0 Å². The maximum atomic E-state index is 8.58. The zero-order chi connectivity index (χ0) is 14.2. The van der Waals surface area contributed by atoms with Crippen LogP contribution in [0.15, 0.2) is 0 Å². The molecule has 91 valence electrons. The number of nitrogens with zero attached hydrogens (tertiary/aromatic N) is 6. The average Bonchev–Trinajstić information content (AvgIpc) is 2.36. The molecule has 9 nitrogen and oxygen atoms in total. The predicted molar refractivity (Wildman–Crippen MR) is 34.4 cm³/mol. The van der Waals surface area contributed by atoms with Crippen LogP contribution in [0.2, 0.25) is 0 Å². The van der Waals surface area contributed by atoms with Gasteiger partial charge in [-0.05, 0) is 0 Å². The van der Waals surface area contributed by atoms with E-state index in [0.29, 0.717) is 0 Å². The van der Waals surface area contributed by atoms with Crippen LogP contribution in [0.5, 0.6) is 0 Å². The Bertz CT molecular complexity index is 488. The van der Waals surface area contributed by atoms with E-state index < -0.39 is 25.5 Å². The van der Waals surface area contributed by atoms with Crippen LogP contribution in [0.25, 0.3) is 0 Å². The second-order valence-corrected chi connectivity index (χ2v) is 8.26. The molecule has 0 N–H and O–H groups in total. The zero-order valence-electron chi connectivity index (χ0n) is 8.67. The molecule has 0 atom stereocenters. The monoisotopic (exact) mass is 351 g/mol. The molecule has 0 saturated carbocycles. The first-order valence-electron chi connectivity index (χ1n) is 2.90. The van der Waals surface area contributed by atoms with Crippen LogP contribution >= 0.6 is 0 Å². The number of hydrogen-bond acceptors (Lipinski definition) is 9. The Hall–Kier alpha value is -0.652. The molecule has 0 saturated heterocycles. The molecular formula is C6CrFeKN6O3-4. The summed E-state index contributed by atoms with van der Waals surface area (Å²) < 4.78 is 25.6. The van der Waals surface area contributed by atoms with Crippen molar-refractivity contribution in [2.24, 2.45) is 0 Å². The third-order valence-electron chi connectivity index (χ3n) is 1.19. The summed E-state index contributed by atoms with van der Waals surface area (Å²) in [6.45, 7) is 0. The molecule has 0 heterocycles. The predicted octanol–water partition coefficient (Wildman–Crippen LogP) is -5.40. The van der Waals surface area contributed by atoms with Gasteiger partial charge in [0.15, 0.2) is 0 Å². The topological polar surface area (TPSA) is 206 Å². The molecule has 0 amide bonds. The summed E-state index contributed by atoms with van der Waals surface area (Å²) in [7, 11) is -6.17. The summed E-state index contributed by atoms with van der Waals surface area (Å²) in [6.07, 6.45) is 0. The first-order chi connectivity index (χ1) is 7.71. The van der Waals surface area contributed by atoms with Crippen LogP contribution in [0.3, 0.4) is 0 Å². The van der Waals surface area contributed by atoms with Gasteiger partial charge in [-0.1, -0.05) is 0 Å². The van der Waals surface area contributed by atoms with Crippen molar-refractivity contribution in [3.05, 3.63) is 0 Å². The van der Waals surface area contributed by atoms with Crippen LogP contribution in [-0.4, -0.2) is 0 Å². The molecule has 0 aromatic heterocycles. The average molecular weight is 351 g/mol. The summed E-state index contributed by atoms with van der Waals surface area (Å²) in [5.41, 5.74) is 0. The molecule has 0 fully saturated rings. The fourth-order valence-electron chi connectivity index (χ4n) is 0.265. The van der Waals surface area contributed by atoms with Crippen molar-refractivity contribution in [2.45, 2.75) is 0 Å². The summed E-state index contributed by atoms with van der Waals surface area (Å²) in [6, 6.07) is 0. The van der Waals surface area contributed by atoms with E-state index in [1.165, 1.54) is 0 Å². The Labute approximate surface area is 148 Å². The van der Waals surface area contributed by atoms with E-state index in [9.17, 15) is 0 Å². The number of rotatable bonds is 0. The second kappa shape index (κ2) is 7.06. The Balaban J connectivity index is -0.000000392. The van der Waals surface area contributed by atoms with E-state index in [4.69, 9.17) is 43.7 Å². The van der Waals surface area contributed by atoms with E-state index in [0.717, 1.165) is 29.8 Å². The van der Waals surface area contributed by atoms with Gasteiger partial charge in [-0.25, -0.2) is 0 Å². The van der Waals surface area contributed by atoms with Crippen molar-refractivity contribution < 1.29 is 89.0 Å². The van der Waals surface area contributed by atoms with E-state index in [1.807, 2.05) is 0 Å². The van der Waals surface area contributed by atoms with Gasteiger partial charge in [0.05, 0.1) is 0 Å². The Morgan fingerprint density at radius 3 is 0.833 bits per heavy atom. The van der Waals surface area contributed by atoms with Crippen molar-refractivity contribution >= 4 is 0 Å². The van der Waals surface area contributed by atoms with Crippen LogP contribution in [0, 0.1) is 61.4 Å². The molecule has 0 rings (SSSR count). The van der Waals surface area contributed by atoms with Gasteiger partial charge in [-0.3, -0.25) is 0 Å². The third kappa shape index (κ3) is 3.67. The second-order valence-electron chi connectivity index (χ2n) is 2.00. The van der Waals surface area contributed by atoms with Crippen LogP contribution in [-0.2, 0) is 29.3 Å². The molecule has 0 aliphatic rings. The Kier molecular flexibility index (Phi) is 8.84. The van der Waals surface area contributed by atoms with Crippen LogP contribution in [0.1, 0.15) is 0 Å². The first kappa shape index (κ1) is 22.5. The maximum absolute atomic E-state index is 8.58. The van der Waals surface area contributed by atoms with Crippen LogP contribution in [0.4, 0.5) is 0 Å². The van der Waals surface area contributed by atoms with Gasteiger partial charge in [0.1, 0.15) is 0 Å². The molecule has 0 aromatic rings. The minimum absolute atomic E-state index is 0. The van der Waals surface area contributed by atoms with Crippen molar-refractivity contribution in [1.82, 2.24) is 0 Å². The van der Waals surface area contributed by atoms with Crippen molar-refractivity contribution in [1.29, 1.82) is 31.6 Å². The van der Waals surface area contributed by atoms with Crippen molar-refractivity contribution in [3.63, 3.8) is 0 Å². The molecule has 12 heteroatoms. The van der Waals surface area contributed by atoms with Gasteiger partial charge in [-0.2, -0.15) is 0 Å². The Morgan fingerprint density at radius 2 is 0.833 bits per heavy atom.